The molecule has 3 atom stereocenters. The molecular weight excluding hydrogens is 494 g/mol. The second-order valence-electron chi connectivity index (χ2n) is 9.30. The number of piperazine rings is 1. The van der Waals surface area contributed by atoms with Gasteiger partial charge in [0, 0.05) is 56.1 Å². The van der Waals surface area contributed by atoms with Crippen LogP contribution in [0.5, 0.6) is 0 Å². The van der Waals surface area contributed by atoms with Gasteiger partial charge in [-0.2, -0.15) is 4.31 Å². The number of allylic oxidation sites excluding steroid dienone is 3. The van der Waals surface area contributed by atoms with Gasteiger partial charge in [-0.1, -0.05) is 36.7 Å². The van der Waals surface area contributed by atoms with Crippen molar-refractivity contribution in [3.8, 4) is 12.8 Å². The standard InChI is InChI=1S/C25H30ClN5O2S.C2H2/c1-17(23-15-27-16-29(23)2)21-13-18-5-4-8-28-24(18)25(20-7-6-19(26)14-22(20)21)30-9-11-31(12-10-30)34(3,32)33;1-2/h4-8,13-17,24-25,28H,9-12H2,1-3H3;1-2H/t17-,24?,25+;/m1./s1. The van der Waals surface area contributed by atoms with Crippen molar-refractivity contribution in [3.63, 3.8) is 0 Å². The van der Waals surface area contributed by atoms with Crippen LogP contribution in [0.15, 0.2) is 60.7 Å². The molecule has 7 nitrogen and oxygen atoms in total. The molecule has 2 aliphatic heterocycles. The van der Waals surface area contributed by atoms with Crippen molar-refractivity contribution in [2.75, 3.05) is 32.4 Å². The fraction of sp³-hybridized carbons (Fsp3) is 0.370. The fourth-order valence-corrected chi connectivity index (χ4v) is 6.42. The van der Waals surface area contributed by atoms with Gasteiger partial charge in [-0.25, -0.2) is 13.4 Å². The highest BCUT2D eigenvalue weighted by Gasteiger charge is 2.38. The zero-order chi connectivity index (χ0) is 26.0. The maximum atomic E-state index is 12.1. The van der Waals surface area contributed by atoms with Crippen molar-refractivity contribution in [3.05, 3.63) is 82.6 Å². The number of aryl methyl sites for hydroxylation is 1. The Balaban J connectivity index is 0.00000148. The summed E-state index contributed by atoms with van der Waals surface area (Å²) in [7, 11) is -1.17. The van der Waals surface area contributed by atoms with E-state index in [-0.39, 0.29) is 18.0 Å². The van der Waals surface area contributed by atoms with Gasteiger partial charge in [-0.3, -0.25) is 4.90 Å². The van der Waals surface area contributed by atoms with Crippen LogP contribution < -0.4 is 5.32 Å². The summed E-state index contributed by atoms with van der Waals surface area (Å²) in [5.41, 5.74) is 5.87. The minimum Gasteiger partial charge on any atom is -0.382 e. The van der Waals surface area contributed by atoms with Crippen molar-refractivity contribution in [1.82, 2.24) is 24.1 Å². The third-order valence-electron chi connectivity index (χ3n) is 7.20. The molecule has 1 N–H and O–H groups in total. The molecule has 5 rings (SSSR count). The van der Waals surface area contributed by atoms with Crippen LogP contribution in [-0.2, 0) is 17.1 Å². The Morgan fingerprint density at radius 3 is 2.56 bits per heavy atom. The Morgan fingerprint density at radius 2 is 1.92 bits per heavy atom. The molecule has 3 heterocycles. The summed E-state index contributed by atoms with van der Waals surface area (Å²) in [5, 5.41) is 4.29. The zero-order valence-corrected chi connectivity index (χ0v) is 22.4. The van der Waals surface area contributed by atoms with Crippen molar-refractivity contribution in [2.45, 2.75) is 24.9 Å². The molecule has 2 aromatic rings. The number of dihydropyridines is 1. The average molecular weight is 526 g/mol. The molecule has 1 fully saturated rings. The van der Waals surface area contributed by atoms with E-state index in [0.29, 0.717) is 31.2 Å². The minimum atomic E-state index is -3.19. The lowest BCUT2D eigenvalue weighted by atomic mass is 9.87. The second kappa shape index (κ2) is 10.7. The number of imidazole rings is 1. The molecule has 0 radical (unpaired) electrons. The number of terminal acetylenes is 1. The number of nitrogens with zero attached hydrogens (tertiary/aromatic N) is 4. The van der Waals surface area contributed by atoms with Crippen LogP contribution in [-0.4, -0.2) is 65.7 Å². The van der Waals surface area contributed by atoms with Crippen LogP contribution in [0.4, 0.5) is 0 Å². The molecule has 9 heteroatoms. The highest BCUT2D eigenvalue weighted by Crippen LogP contribution is 2.44. The molecule has 0 bridgehead atoms. The lowest BCUT2D eigenvalue weighted by Gasteiger charge is -2.42. The van der Waals surface area contributed by atoms with E-state index in [1.54, 1.807) is 4.31 Å². The Bertz CT molecular complexity index is 1330. The van der Waals surface area contributed by atoms with Crippen molar-refractivity contribution in [2.24, 2.45) is 7.05 Å². The summed E-state index contributed by atoms with van der Waals surface area (Å²) >= 11 is 6.54. The van der Waals surface area contributed by atoms with E-state index in [1.807, 2.05) is 37.9 Å². The molecule has 3 aliphatic rings. The first-order chi connectivity index (χ1) is 17.2. The molecule has 1 aromatic heterocycles. The molecule has 1 unspecified atom stereocenters. The SMILES string of the molecule is C#C.C[C@H](C1=CC2=CC=CNC2[C@@H](N2CCN(S(C)(=O)=O)CC2)c2ccc(Cl)cc21)c1cncn1C. The summed E-state index contributed by atoms with van der Waals surface area (Å²) in [6, 6.07) is 6.25. The van der Waals surface area contributed by atoms with Gasteiger partial charge in [-0.15, -0.1) is 12.8 Å². The summed E-state index contributed by atoms with van der Waals surface area (Å²) in [5.74, 6) is 0.109. The van der Waals surface area contributed by atoms with E-state index < -0.39 is 10.0 Å². The maximum Gasteiger partial charge on any atom is 0.211 e. The van der Waals surface area contributed by atoms with Gasteiger partial charge in [0.2, 0.25) is 10.0 Å². The Hall–Kier alpha value is -2.83. The van der Waals surface area contributed by atoms with Crippen molar-refractivity contribution >= 4 is 27.2 Å². The van der Waals surface area contributed by atoms with Gasteiger partial charge in [-0.05, 0) is 46.7 Å². The van der Waals surface area contributed by atoms with Gasteiger partial charge < -0.3 is 9.88 Å². The summed E-state index contributed by atoms with van der Waals surface area (Å²) < 4.78 is 27.8. The van der Waals surface area contributed by atoms with E-state index in [1.165, 1.54) is 23.0 Å². The largest absolute Gasteiger partial charge is 0.382 e. The predicted octanol–water partition coefficient (Wildman–Crippen LogP) is 3.55. The van der Waals surface area contributed by atoms with Crippen LogP contribution in [0.1, 0.15) is 35.7 Å². The van der Waals surface area contributed by atoms with E-state index in [2.05, 4.69) is 63.8 Å². The smallest absolute Gasteiger partial charge is 0.211 e. The number of hydrogen-bond donors (Lipinski definition) is 1. The molecule has 1 aliphatic carbocycles. The minimum absolute atomic E-state index is 0.0395. The van der Waals surface area contributed by atoms with Gasteiger partial charge in [0.15, 0.2) is 0 Å². The Morgan fingerprint density at radius 1 is 1.19 bits per heavy atom. The molecule has 0 saturated carbocycles. The highest BCUT2D eigenvalue weighted by molar-refractivity contribution is 7.88. The number of fused-ring (bicyclic) bond motifs is 2. The van der Waals surface area contributed by atoms with Crippen molar-refractivity contribution < 1.29 is 8.42 Å². The first kappa shape index (κ1) is 26.2. The fourth-order valence-electron chi connectivity index (χ4n) is 5.43. The summed E-state index contributed by atoms with van der Waals surface area (Å²) in [6.07, 6.45) is 21.5. The molecule has 1 aromatic carbocycles. The van der Waals surface area contributed by atoms with E-state index in [9.17, 15) is 8.42 Å². The molecule has 36 heavy (non-hydrogen) atoms. The number of sulfonamides is 1. The van der Waals surface area contributed by atoms with Gasteiger partial charge >= 0.3 is 0 Å². The van der Waals surface area contributed by atoms with Crippen LogP contribution in [0.3, 0.4) is 0 Å². The third-order valence-corrected chi connectivity index (χ3v) is 8.74. The van der Waals surface area contributed by atoms with E-state index >= 15 is 0 Å². The van der Waals surface area contributed by atoms with E-state index in [0.717, 1.165) is 11.3 Å². The Labute approximate surface area is 219 Å². The van der Waals surface area contributed by atoms with Gasteiger partial charge in [0.25, 0.3) is 0 Å². The van der Waals surface area contributed by atoms with Gasteiger partial charge in [0.1, 0.15) is 0 Å². The number of benzene rings is 1. The lowest BCUT2D eigenvalue weighted by Crippen LogP contribution is -2.53. The molecule has 190 valence electrons. The summed E-state index contributed by atoms with van der Waals surface area (Å²) in [6.45, 7) is 4.53. The van der Waals surface area contributed by atoms with Crippen LogP contribution in [0.2, 0.25) is 5.02 Å². The molecule has 0 amide bonds. The normalized spacial score (nSPS) is 23.1. The molecule has 0 spiro atoms. The van der Waals surface area contributed by atoms with Crippen LogP contribution >= 0.6 is 11.6 Å². The average Bonchev–Trinajstić information content (AvgIpc) is 3.24. The first-order valence-electron chi connectivity index (χ1n) is 11.9. The van der Waals surface area contributed by atoms with Crippen LogP contribution in [0, 0.1) is 12.8 Å². The van der Waals surface area contributed by atoms with Crippen LogP contribution in [0.25, 0.3) is 5.57 Å². The Kier molecular flexibility index (Phi) is 7.76. The number of rotatable bonds is 4. The van der Waals surface area contributed by atoms with Crippen molar-refractivity contribution in [1.29, 1.82) is 0 Å². The zero-order valence-electron chi connectivity index (χ0n) is 20.8. The topological polar surface area (TPSA) is 70.5 Å². The van der Waals surface area contributed by atoms with Gasteiger partial charge in [0.05, 0.1) is 24.7 Å². The highest BCUT2D eigenvalue weighted by atomic mass is 35.5. The molecular formula is C27H32ClN5O2S. The quantitative estimate of drug-likeness (QED) is 0.618. The number of aromatic nitrogens is 2. The third kappa shape index (κ3) is 5.02. The summed E-state index contributed by atoms with van der Waals surface area (Å²) in [4.78, 5) is 6.75. The predicted molar refractivity (Wildman–Crippen MR) is 146 cm³/mol. The maximum absolute atomic E-state index is 12.1. The number of halogens is 1. The number of nitrogens with one attached hydrogen (secondary N) is 1. The lowest BCUT2D eigenvalue weighted by molar-refractivity contribution is 0.122. The monoisotopic (exact) mass is 525 g/mol. The molecule has 1 saturated heterocycles. The number of hydrogen-bond acceptors (Lipinski definition) is 5. The van der Waals surface area contributed by atoms with E-state index in [4.69, 9.17) is 11.6 Å². The first-order valence-corrected chi connectivity index (χ1v) is 14.1. The second-order valence-corrected chi connectivity index (χ2v) is 11.7.